The van der Waals surface area contributed by atoms with E-state index in [0.29, 0.717) is 13.0 Å². The molecule has 0 spiro atoms. The molecule has 146 valence electrons. The summed E-state index contributed by atoms with van der Waals surface area (Å²) >= 11 is 7.06. The Morgan fingerprint density at radius 1 is 1.11 bits per heavy atom. The van der Waals surface area contributed by atoms with Crippen LogP contribution in [0.2, 0.25) is 0 Å². The Morgan fingerprint density at radius 2 is 1.78 bits per heavy atom. The molecule has 1 aromatic carbocycles. The quantitative estimate of drug-likeness (QED) is 0.559. The molecule has 0 radical (unpaired) electrons. The Kier molecular flexibility index (Phi) is 6.98. The predicted molar refractivity (Wildman–Crippen MR) is 112 cm³/mol. The zero-order valence-electron chi connectivity index (χ0n) is 15.2. The fourth-order valence-corrected chi connectivity index (χ4v) is 5.37. The number of likely N-dealkylation sites (tertiary alicyclic amines) is 2. The number of halogens is 2. The highest BCUT2D eigenvalue weighted by atomic mass is 79.9. The molecule has 2 fully saturated rings. The van der Waals surface area contributed by atoms with Gasteiger partial charge in [0.2, 0.25) is 5.91 Å². The molecule has 3 rings (SSSR count). The van der Waals surface area contributed by atoms with Crippen molar-refractivity contribution in [1.29, 1.82) is 0 Å². The smallest absolute Gasteiger partial charge is 0.410 e. The van der Waals surface area contributed by atoms with Gasteiger partial charge in [0.15, 0.2) is 0 Å². The number of hydrogen-bond donors (Lipinski definition) is 0. The molecule has 2 aliphatic heterocycles. The summed E-state index contributed by atoms with van der Waals surface area (Å²) in [7, 11) is 0. The van der Waals surface area contributed by atoms with Gasteiger partial charge in [0.1, 0.15) is 12.6 Å². The molecule has 2 unspecified atom stereocenters. The van der Waals surface area contributed by atoms with Crippen LogP contribution in [0.1, 0.15) is 31.2 Å². The number of carbonyl (C=O) groups is 2. The highest BCUT2D eigenvalue weighted by molar-refractivity contribution is 9.11. The van der Waals surface area contributed by atoms with Crippen LogP contribution in [0.5, 0.6) is 0 Å². The van der Waals surface area contributed by atoms with Crippen molar-refractivity contribution in [2.45, 2.75) is 44.2 Å². The average Bonchev–Trinajstić information content (AvgIpc) is 3.27. The third-order valence-corrected chi connectivity index (χ3v) is 6.07. The van der Waals surface area contributed by atoms with Crippen molar-refractivity contribution >= 4 is 43.9 Å². The van der Waals surface area contributed by atoms with Crippen molar-refractivity contribution in [2.75, 3.05) is 19.7 Å². The van der Waals surface area contributed by atoms with Crippen LogP contribution < -0.4 is 0 Å². The summed E-state index contributed by atoms with van der Waals surface area (Å²) in [5.74, 6) is 0.0552. The maximum absolute atomic E-state index is 13.2. The number of hydrogen-bond acceptors (Lipinski definition) is 3. The highest BCUT2D eigenvalue weighted by Crippen LogP contribution is 2.28. The van der Waals surface area contributed by atoms with Gasteiger partial charge >= 0.3 is 6.09 Å². The molecule has 27 heavy (non-hydrogen) atoms. The van der Waals surface area contributed by atoms with E-state index in [-0.39, 0.29) is 18.6 Å². The van der Waals surface area contributed by atoms with E-state index in [1.165, 1.54) is 11.6 Å². The molecular weight excluding hydrogens is 476 g/mol. The van der Waals surface area contributed by atoms with Crippen LogP contribution in [-0.2, 0) is 16.0 Å². The Hall–Kier alpha value is -1.34. The number of rotatable bonds is 5. The predicted octanol–water partition coefficient (Wildman–Crippen LogP) is 4.53. The third-order valence-electron chi connectivity index (χ3n) is 5.15. The molecule has 2 amide bonds. The first-order valence-corrected chi connectivity index (χ1v) is 10.9. The first kappa shape index (κ1) is 20.4. The van der Waals surface area contributed by atoms with Gasteiger partial charge in [-0.3, -0.25) is 9.69 Å². The average molecular weight is 500 g/mol. The van der Waals surface area contributed by atoms with Crippen LogP contribution in [0.15, 0.2) is 39.8 Å². The molecule has 0 aromatic heterocycles. The molecule has 2 aliphatic rings. The minimum Gasteiger partial charge on any atom is -0.445 e. The van der Waals surface area contributed by atoms with Gasteiger partial charge in [-0.1, -0.05) is 44.5 Å². The summed E-state index contributed by atoms with van der Waals surface area (Å²) in [6, 6.07) is 5.97. The van der Waals surface area contributed by atoms with Gasteiger partial charge in [0.25, 0.3) is 0 Å². The second-order valence-corrected chi connectivity index (χ2v) is 8.86. The highest BCUT2D eigenvalue weighted by Gasteiger charge is 2.40. The van der Waals surface area contributed by atoms with E-state index in [2.05, 4.69) is 50.6 Å². The Balaban J connectivity index is 1.69. The van der Waals surface area contributed by atoms with Gasteiger partial charge in [-0.15, -0.1) is 0 Å². The van der Waals surface area contributed by atoms with Crippen LogP contribution in [0.4, 0.5) is 4.79 Å². The second kappa shape index (κ2) is 9.24. The van der Waals surface area contributed by atoms with E-state index in [9.17, 15) is 9.59 Å². The fraction of sp³-hybridized carbons (Fsp3) is 0.500. The standard InChI is InChI=1S/C20H24Br2N2O3/c1-2-9-27-20(26)24-8-4-6-18(24)19(25)23-7-3-5-17(23)12-14-10-15(21)13-16(22)11-14/h2,10-11,13,17-18H,1,3-9,12H2. The summed E-state index contributed by atoms with van der Waals surface area (Å²) in [6.07, 6.45) is 5.46. The molecule has 5 nitrogen and oxygen atoms in total. The monoisotopic (exact) mass is 498 g/mol. The van der Waals surface area contributed by atoms with Crippen molar-refractivity contribution in [2.24, 2.45) is 0 Å². The summed E-state index contributed by atoms with van der Waals surface area (Å²) in [5.41, 5.74) is 1.19. The van der Waals surface area contributed by atoms with E-state index in [1.807, 2.05) is 11.0 Å². The number of benzene rings is 1. The van der Waals surface area contributed by atoms with Crippen LogP contribution in [0, 0.1) is 0 Å². The Morgan fingerprint density at radius 3 is 2.48 bits per heavy atom. The van der Waals surface area contributed by atoms with E-state index in [4.69, 9.17) is 4.74 Å². The summed E-state index contributed by atoms with van der Waals surface area (Å²) in [6.45, 7) is 5.06. The molecule has 2 heterocycles. The number of carbonyl (C=O) groups excluding carboxylic acids is 2. The van der Waals surface area contributed by atoms with Gasteiger partial charge in [-0.25, -0.2) is 4.79 Å². The molecule has 7 heteroatoms. The van der Waals surface area contributed by atoms with Crippen molar-refractivity contribution in [3.63, 3.8) is 0 Å². The zero-order valence-corrected chi connectivity index (χ0v) is 18.4. The van der Waals surface area contributed by atoms with E-state index < -0.39 is 12.1 Å². The van der Waals surface area contributed by atoms with Gasteiger partial charge < -0.3 is 9.64 Å². The second-order valence-electron chi connectivity index (χ2n) is 7.03. The third kappa shape index (κ3) is 4.93. The van der Waals surface area contributed by atoms with E-state index in [1.54, 1.807) is 4.90 Å². The van der Waals surface area contributed by atoms with Gasteiger partial charge in [0, 0.05) is 28.1 Å². The fourth-order valence-electron chi connectivity index (χ4n) is 3.99. The first-order chi connectivity index (χ1) is 13.0. The molecule has 2 saturated heterocycles. The molecule has 0 saturated carbocycles. The SMILES string of the molecule is C=CCOC(=O)N1CCCC1C(=O)N1CCCC1Cc1cc(Br)cc(Br)c1. The molecular formula is C20H24Br2N2O3. The summed E-state index contributed by atoms with van der Waals surface area (Å²) < 4.78 is 7.20. The van der Waals surface area contributed by atoms with Gasteiger partial charge in [0.05, 0.1) is 0 Å². The molecule has 0 bridgehead atoms. The molecule has 0 N–H and O–H groups in total. The van der Waals surface area contributed by atoms with E-state index in [0.717, 1.165) is 41.2 Å². The minimum atomic E-state index is -0.419. The molecule has 2 atom stereocenters. The van der Waals surface area contributed by atoms with Crippen LogP contribution in [0.25, 0.3) is 0 Å². The van der Waals surface area contributed by atoms with Crippen molar-refractivity contribution in [1.82, 2.24) is 9.80 Å². The normalized spacial score (nSPS) is 22.1. The lowest BCUT2D eigenvalue weighted by molar-refractivity contribution is -0.136. The molecule has 1 aromatic rings. The lowest BCUT2D eigenvalue weighted by Crippen LogP contribution is -2.49. The maximum atomic E-state index is 13.2. The topological polar surface area (TPSA) is 49.9 Å². The van der Waals surface area contributed by atoms with Crippen molar-refractivity contribution in [3.8, 4) is 0 Å². The van der Waals surface area contributed by atoms with Crippen molar-refractivity contribution in [3.05, 3.63) is 45.4 Å². The first-order valence-electron chi connectivity index (χ1n) is 9.29. The lowest BCUT2D eigenvalue weighted by atomic mass is 10.0. The summed E-state index contributed by atoms with van der Waals surface area (Å²) in [4.78, 5) is 29.0. The van der Waals surface area contributed by atoms with E-state index >= 15 is 0 Å². The largest absolute Gasteiger partial charge is 0.445 e. The number of nitrogens with zero attached hydrogens (tertiary/aromatic N) is 2. The zero-order chi connectivity index (χ0) is 19.4. The minimum absolute atomic E-state index is 0.0552. The van der Waals surface area contributed by atoms with Gasteiger partial charge in [-0.2, -0.15) is 0 Å². The number of amides is 2. The Bertz CT molecular complexity index is 705. The molecule has 0 aliphatic carbocycles. The maximum Gasteiger partial charge on any atom is 0.410 e. The lowest BCUT2D eigenvalue weighted by Gasteiger charge is -2.31. The van der Waals surface area contributed by atoms with Crippen LogP contribution in [0.3, 0.4) is 0 Å². The summed E-state index contributed by atoms with van der Waals surface area (Å²) in [5, 5.41) is 0. The van der Waals surface area contributed by atoms with Gasteiger partial charge in [-0.05, 0) is 55.9 Å². The van der Waals surface area contributed by atoms with Crippen molar-refractivity contribution < 1.29 is 14.3 Å². The number of ether oxygens (including phenoxy) is 1. The van der Waals surface area contributed by atoms with Crippen LogP contribution in [-0.4, -0.2) is 53.6 Å². The Labute approximate surface area is 177 Å². The van der Waals surface area contributed by atoms with Crippen LogP contribution >= 0.6 is 31.9 Å².